The summed E-state index contributed by atoms with van der Waals surface area (Å²) in [7, 11) is 1.57. The average molecular weight is 298 g/mol. The highest BCUT2D eigenvalue weighted by Gasteiger charge is 2.20. The second kappa shape index (κ2) is 6.23. The van der Waals surface area contributed by atoms with Crippen LogP contribution < -0.4 is 10.9 Å². The standard InChI is InChI=1S/C15H14N4O3/c1-21-9-11-10-5-2-3-6-12(10)22-13(11)14(20)18-19-15-16-7-4-8-17-15/h2-8H,9H2,1H3,(H,18,20)(H,16,17,19). The van der Waals surface area contributed by atoms with Gasteiger partial charge in [0.25, 0.3) is 0 Å². The lowest BCUT2D eigenvalue weighted by Crippen LogP contribution is -2.30. The quantitative estimate of drug-likeness (QED) is 0.701. The molecule has 0 saturated carbocycles. The van der Waals surface area contributed by atoms with Gasteiger partial charge in [0.15, 0.2) is 5.76 Å². The predicted octanol–water partition coefficient (Wildman–Crippen LogP) is 2.13. The van der Waals surface area contributed by atoms with E-state index in [1.807, 2.05) is 18.2 Å². The molecular weight excluding hydrogens is 284 g/mol. The van der Waals surface area contributed by atoms with E-state index in [2.05, 4.69) is 20.8 Å². The van der Waals surface area contributed by atoms with Crippen molar-refractivity contribution in [3.8, 4) is 0 Å². The fourth-order valence-electron chi connectivity index (χ4n) is 2.10. The number of rotatable bonds is 5. The molecule has 0 aliphatic heterocycles. The average Bonchev–Trinajstić information content (AvgIpc) is 2.93. The van der Waals surface area contributed by atoms with E-state index in [-0.39, 0.29) is 12.4 Å². The number of hydrazine groups is 1. The maximum Gasteiger partial charge on any atom is 0.305 e. The number of fused-ring (bicyclic) bond motifs is 1. The number of carbonyl (C=O) groups excluding carboxylic acids is 1. The minimum atomic E-state index is -0.421. The smallest absolute Gasteiger partial charge is 0.305 e. The van der Waals surface area contributed by atoms with Gasteiger partial charge in [-0.15, -0.1) is 0 Å². The molecule has 0 unspecified atom stereocenters. The number of ether oxygens (including phenoxy) is 1. The fourth-order valence-corrected chi connectivity index (χ4v) is 2.10. The number of furan rings is 1. The Balaban J connectivity index is 1.85. The zero-order chi connectivity index (χ0) is 15.4. The summed E-state index contributed by atoms with van der Waals surface area (Å²) < 4.78 is 10.8. The van der Waals surface area contributed by atoms with E-state index in [0.29, 0.717) is 17.1 Å². The Hall–Kier alpha value is -2.93. The van der Waals surface area contributed by atoms with E-state index in [0.717, 1.165) is 5.39 Å². The topological polar surface area (TPSA) is 89.3 Å². The molecule has 0 saturated heterocycles. The molecule has 1 amide bonds. The molecule has 0 radical (unpaired) electrons. The molecule has 22 heavy (non-hydrogen) atoms. The maximum absolute atomic E-state index is 12.3. The molecule has 7 heteroatoms. The van der Waals surface area contributed by atoms with Gasteiger partial charge in [-0.25, -0.2) is 9.97 Å². The Kier molecular flexibility index (Phi) is 3.97. The second-order valence-corrected chi connectivity index (χ2v) is 4.49. The number of methoxy groups -OCH3 is 1. The largest absolute Gasteiger partial charge is 0.450 e. The molecule has 3 rings (SSSR count). The Morgan fingerprint density at radius 1 is 1.23 bits per heavy atom. The Morgan fingerprint density at radius 3 is 2.77 bits per heavy atom. The molecule has 2 N–H and O–H groups in total. The zero-order valence-electron chi connectivity index (χ0n) is 11.9. The molecule has 3 aromatic rings. The SMILES string of the molecule is COCc1c(C(=O)NNc2ncccn2)oc2ccccc12. The summed E-state index contributed by atoms with van der Waals surface area (Å²) in [4.78, 5) is 20.2. The third kappa shape index (κ3) is 2.75. The van der Waals surface area contributed by atoms with Gasteiger partial charge in [0.2, 0.25) is 5.95 Å². The molecule has 112 valence electrons. The van der Waals surface area contributed by atoms with Crippen molar-refractivity contribution in [1.82, 2.24) is 15.4 Å². The van der Waals surface area contributed by atoms with E-state index >= 15 is 0 Å². The van der Waals surface area contributed by atoms with Gasteiger partial charge in [0.1, 0.15) is 5.58 Å². The number of carbonyl (C=O) groups is 1. The first-order chi connectivity index (χ1) is 10.8. The van der Waals surface area contributed by atoms with Crippen LogP contribution in [0.4, 0.5) is 5.95 Å². The van der Waals surface area contributed by atoms with Crippen LogP contribution in [0.2, 0.25) is 0 Å². The first kappa shape index (κ1) is 14.0. The van der Waals surface area contributed by atoms with Crippen LogP contribution in [0.25, 0.3) is 11.0 Å². The molecule has 0 fully saturated rings. The molecule has 0 aliphatic carbocycles. The number of aromatic nitrogens is 2. The number of nitrogens with one attached hydrogen (secondary N) is 2. The minimum absolute atomic E-state index is 0.200. The van der Waals surface area contributed by atoms with Crippen LogP contribution >= 0.6 is 0 Å². The van der Waals surface area contributed by atoms with Gasteiger partial charge >= 0.3 is 5.91 Å². The fraction of sp³-hybridized carbons (Fsp3) is 0.133. The van der Waals surface area contributed by atoms with Gasteiger partial charge in [0.05, 0.1) is 6.61 Å². The third-order valence-corrected chi connectivity index (χ3v) is 3.05. The van der Waals surface area contributed by atoms with E-state index in [9.17, 15) is 4.79 Å². The Labute approximate surface area is 126 Å². The highest BCUT2D eigenvalue weighted by molar-refractivity contribution is 5.99. The number of benzene rings is 1. The number of para-hydroxylation sites is 1. The Morgan fingerprint density at radius 2 is 2.00 bits per heavy atom. The van der Waals surface area contributed by atoms with Crippen molar-refractivity contribution in [3.63, 3.8) is 0 Å². The lowest BCUT2D eigenvalue weighted by atomic mass is 10.1. The number of hydrogen-bond donors (Lipinski definition) is 2. The number of hydrogen-bond acceptors (Lipinski definition) is 6. The van der Waals surface area contributed by atoms with Crippen LogP contribution in [0.5, 0.6) is 0 Å². The van der Waals surface area contributed by atoms with Crippen molar-refractivity contribution in [2.24, 2.45) is 0 Å². The zero-order valence-corrected chi connectivity index (χ0v) is 11.9. The molecule has 2 heterocycles. The lowest BCUT2D eigenvalue weighted by Gasteiger charge is -2.06. The van der Waals surface area contributed by atoms with Gasteiger partial charge in [-0.1, -0.05) is 18.2 Å². The van der Waals surface area contributed by atoms with Gasteiger partial charge in [-0.3, -0.25) is 15.6 Å². The highest BCUT2D eigenvalue weighted by Crippen LogP contribution is 2.26. The molecule has 0 bridgehead atoms. The Bertz CT molecular complexity index is 786. The number of anilines is 1. The van der Waals surface area contributed by atoms with Gasteiger partial charge in [-0.05, 0) is 12.1 Å². The first-order valence-electron chi connectivity index (χ1n) is 6.62. The van der Waals surface area contributed by atoms with Crippen LogP contribution in [-0.4, -0.2) is 23.0 Å². The third-order valence-electron chi connectivity index (χ3n) is 3.05. The van der Waals surface area contributed by atoms with Crippen molar-refractivity contribution in [3.05, 3.63) is 54.0 Å². The summed E-state index contributed by atoms with van der Waals surface area (Å²) in [6.07, 6.45) is 3.14. The van der Waals surface area contributed by atoms with Crippen molar-refractivity contribution < 1.29 is 13.9 Å². The van der Waals surface area contributed by atoms with Crippen molar-refractivity contribution >= 4 is 22.8 Å². The van der Waals surface area contributed by atoms with E-state index in [4.69, 9.17) is 9.15 Å². The summed E-state index contributed by atoms with van der Waals surface area (Å²) in [5.41, 5.74) is 6.48. The van der Waals surface area contributed by atoms with Crippen molar-refractivity contribution in [2.75, 3.05) is 12.5 Å². The monoisotopic (exact) mass is 298 g/mol. The van der Waals surface area contributed by atoms with Crippen molar-refractivity contribution in [2.45, 2.75) is 6.61 Å². The van der Waals surface area contributed by atoms with Crippen LogP contribution in [-0.2, 0) is 11.3 Å². The van der Waals surface area contributed by atoms with E-state index in [1.54, 1.807) is 31.6 Å². The lowest BCUT2D eigenvalue weighted by molar-refractivity contribution is 0.0930. The predicted molar refractivity (Wildman–Crippen MR) is 80.0 cm³/mol. The number of nitrogens with zero attached hydrogens (tertiary/aromatic N) is 2. The first-order valence-corrected chi connectivity index (χ1v) is 6.62. The molecular formula is C15H14N4O3. The van der Waals surface area contributed by atoms with Crippen molar-refractivity contribution in [1.29, 1.82) is 0 Å². The van der Waals surface area contributed by atoms with E-state index < -0.39 is 5.91 Å². The normalized spacial score (nSPS) is 10.6. The summed E-state index contributed by atoms with van der Waals surface area (Å²) in [6.45, 7) is 0.279. The van der Waals surface area contributed by atoms with E-state index in [1.165, 1.54) is 0 Å². The molecule has 2 aromatic heterocycles. The van der Waals surface area contributed by atoms with Crippen LogP contribution in [0.3, 0.4) is 0 Å². The van der Waals surface area contributed by atoms with Crippen LogP contribution in [0, 0.1) is 0 Å². The van der Waals surface area contributed by atoms with Gasteiger partial charge < -0.3 is 9.15 Å². The van der Waals surface area contributed by atoms with Crippen LogP contribution in [0.15, 0.2) is 47.1 Å². The van der Waals surface area contributed by atoms with Gasteiger partial charge in [0, 0.05) is 30.5 Å². The summed E-state index contributed by atoms with van der Waals surface area (Å²) in [6, 6.07) is 9.11. The van der Waals surface area contributed by atoms with Gasteiger partial charge in [-0.2, -0.15) is 0 Å². The summed E-state index contributed by atoms with van der Waals surface area (Å²) >= 11 is 0. The summed E-state index contributed by atoms with van der Waals surface area (Å²) in [5, 5.41) is 0.852. The van der Waals surface area contributed by atoms with Crippen LogP contribution in [0.1, 0.15) is 16.1 Å². The maximum atomic E-state index is 12.3. The molecule has 0 atom stereocenters. The molecule has 7 nitrogen and oxygen atoms in total. The minimum Gasteiger partial charge on any atom is -0.450 e. The number of amides is 1. The second-order valence-electron chi connectivity index (χ2n) is 4.49. The molecule has 0 spiro atoms. The molecule has 1 aromatic carbocycles. The molecule has 0 aliphatic rings. The highest BCUT2D eigenvalue weighted by atomic mass is 16.5. The summed E-state index contributed by atoms with van der Waals surface area (Å²) in [5.74, 6) is 0.0717.